The Morgan fingerprint density at radius 2 is 1.88 bits per heavy atom. The Kier molecular flexibility index (Phi) is 9.06. The Balaban J connectivity index is 0.00000169. The number of aromatic hydroxyl groups is 1. The Morgan fingerprint density at radius 3 is 2.46 bits per heavy atom. The summed E-state index contributed by atoms with van der Waals surface area (Å²) in [6.07, 6.45) is 1.72. The number of hydrogen-bond donors (Lipinski definition) is 2. The van der Waals surface area contributed by atoms with Crippen LogP contribution in [0.3, 0.4) is 0 Å². The quantitative estimate of drug-likeness (QED) is 0.589. The van der Waals surface area contributed by atoms with E-state index in [0.717, 1.165) is 39.0 Å². The van der Waals surface area contributed by atoms with Gasteiger partial charge in [-0.25, -0.2) is 0 Å². The lowest BCUT2D eigenvalue weighted by Crippen LogP contribution is -2.47. The van der Waals surface area contributed by atoms with Crippen LogP contribution >= 0.6 is 24.8 Å². The van der Waals surface area contributed by atoms with Gasteiger partial charge in [-0.05, 0) is 37.3 Å². The van der Waals surface area contributed by atoms with Crippen LogP contribution in [-0.4, -0.2) is 54.3 Å². The fraction of sp³-hybridized carbons (Fsp3) is 0.647. The number of aryl methyl sites for hydroxylation is 1. The van der Waals surface area contributed by atoms with Gasteiger partial charge in [0.25, 0.3) is 5.69 Å². The molecule has 0 saturated carbocycles. The summed E-state index contributed by atoms with van der Waals surface area (Å²) >= 11 is 0. The maximum atomic E-state index is 11.6. The second-order valence-corrected chi connectivity index (χ2v) is 6.60. The molecule has 1 aromatic rings. The van der Waals surface area contributed by atoms with Crippen LogP contribution in [0.4, 0.5) is 5.69 Å². The van der Waals surface area contributed by atoms with E-state index in [4.69, 9.17) is 4.74 Å². The van der Waals surface area contributed by atoms with Crippen LogP contribution in [0.1, 0.15) is 30.0 Å². The fourth-order valence-corrected chi connectivity index (χ4v) is 3.87. The molecule has 0 radical (unpaired) electrons. The van der Waals surface area contributed by atoms with Crippen molar-refractivity contribution in [2.24, 2.45) is 5.92 Å². The molecule has 0 aliphatic carbocycles. The van der Waals surface area contributed by atoms with E-state index in [-0.39, 0.29) is 53.1 Å². The van der Waals surface area contributed by atoms with Crippen LogP contribution in [0.5, 0.6) is 5.75 Å². The van der Waals surface area contributed by atoms with E-state index in [1.54, 1.807) is 13.0 Å². The highest BCUT2D eigenvalue weighted by Crippen LogP contribution is 2.44. The number of phenolic OH excluding ortho intramolecular Hbond substituents is 1. The Labute approximate surface area is 166 Å². The topological polar surface area (TPSA) is 87.9 Å². The van der Waals surface area contributed by atoms with E-state index in [1.165, 1.54) is 6.07 Å². The zero-order chi connectivity index (χ0) is 17.1. The first-order valence-electron chi connectivity index (χ1n) is 8.59. The summed E-state index contributed by atoms with van der Waals surface area (Å²) in [6, 6.07) is 3.01. The van der Waals surface area contributed by atoms with Gasteiger partial charge >= 0.3 is 0 Å². The van der Waals surface area contributed by atoms with Crippen molar-refractivity contribution < 1.29 is 14.8 Å². The van der Waals surface area contributed by atoms with Crippen molar-refractivity contribution in [3.05, 3.63) is 33.4 Å². The number of piperazine rings is 1. The predicted octanol–water partition coefficient (Wildman–Crippen LogP) is 2.83. The van der Waals surface area contributed by atoms with Crippen molar-refractivity contribution in [3.8, 4) is 5.75 Å². The van der Waals surface area contributed by atoms with Gasteiger partial charge in [-0.15, -0.1) is 24.8 Å². The molecule has 0 amide bonds. The van der Waals surface area contributed by atoms with Gasteiger partial charge in [0.1, 0.15) is 5.75 Å². The lowest BCUT2D eigenvalue weighted by molar-refractivity contribution is -0.386. The number of nitro groups is 1. The number of nitrogens with one attached hydrogen (secondary N) is 1. The van der Waals surface area contributed by atoms with Crippen molar-refractivity contribution in [3.63, 3.8) is 0 Å². The van der Waals surface area contributed by atoms with Gasteiger partial charge in [-0.3, -0.25) is 15.0 Å². The minimum Gasteiger partial charge on any atom is -0.507 e. The molecule has 9 heteroatoms. The molecule has 2 fully saturated rings. The molecule has 148 valence electrons. The summed E-state index contributed by atoms with van der Waals surface area (Å²) in [4.78, 5) is 13.5. The van der Waals surface area contributed by atoms with Gasteiger partial charge < -0.3 is 15.2 Å². The molecule has 1 atom stereocenters. The van der Waals surface area contributed by atoms with E-state index in [9.17, 15) is 15.2 Å². The summed E-state index contributed by atoms with van der Waals surface area (Å²) in [7, 11) is 0. The molecule has 26 heavy (non-hydrogen) atoms. The molecular formula is C17H27Cl2N3O4. The van der Waals surface area contributed by atoms with Crippen molar-refractivity contribution >= 4 is 30.5 Å². The third-order valence-corrected chi connectivity index (χ3v) is 5.15. The Bertz CT molecular complexity index is 588. The molecule has 0 unspecified atom stereocenters. The lowest BCUT2D eigenvalue weighted by Gasteiger charge is -2.41. The zero-order valence-corrected chi connectivity index (χ0v) is 16.5. The summed E-state index contributed by atoms with van der Waals surface area (Å²) in [5, 5.41) is 25.6. The molecule has 2 N–H and O–H groups in total. The van der Waals surface area contributed by atoms with Gasteiger partial charge in [0.05, 0.1) is 10.5 Å². The number of nitrogens with zero attached hydrogens (tertiary/aromatic N) is 2. The van der Waals surface area contributed by atoms with Gasteiger partial charge in [0.2, 0.25) is 0 Å². The molecule has 1 aromatic carbocycles. The minimum atomic E-state index is -0.372. The average molecular weight is 408 g/mol. The minimum absolute atomic E-state index is 0. The third kappa shape index (κ3) is 4.78. The summed E-state index contributed by atoms with van der Waals surface area (Å²) < 4.78 is 5.48. The highest BCUT2D eigenvalue weighted by Gasteiger charge is 2.37. The van der Waals surface area contributed by atoms with Crippen LogP contribution in [0.25, 0.3) is 0 Å². The molecule has 2 saturated heterocycles. The number of rotatable bonds is 4. The van der Waals surface area contributed by atoms with Gasteiger partial charge in [0.15, 0.2) is 0 Å². The summed E-state index contributed by atoms with van der Waals surface area (Å²) in [5.41, 5.74) is 1.18. The van der Waals surface area contributed by atoms with Crippen LogP contribution in [0.15, 0.2) is 12.1 Å². The Hall–Kier alpha value is -1.12. The van der Waals surface area contributed by atoms with Crippen molar-refractivity contribution in [1.29, 1.82) is 0 Å². The highest BCUT2D eigenvalue weighted by atomic mass is 35.5. The first-order chi connectivity index (χ1) is 11.6. The second kappa shape index (κ2) is 10.3. The first-order valence-corrected chi connectivity index (χ1v) is 8.59. The molecule has 2 aliphatic rings. The van der Waals surface area contributed by atoms with E-state index in [0.29, 0.717) is 24.3 Å². The first kappa shape index (κ1) is 22.9. The molecule has 7 nitrogen and oxygen atoms in total. The SMILES string of the molecule is Cc1ccc([N+](=O)[O-])c([C@@H](C2CCOCC2)N2CCNCC2)c1O.Cl.Cl. The molecule has 2 aliphatic heterocycles. The predicted molar refractivity (Wildman–Crippen MR) is 105 cm³/mol. The number of hydrogen-bond acceptors (Lipinski definition) is 6. The zero-order valence-electron chi connectivity index (χ0n) is 14.8. The van der Waals surface area contributed by atoms with Crippen molar-refractivity contribution in [1.82, 2.24) is 10.2 Å². The van der Waals surface area contributed by atoms with Crippen LogP contribution in [0, 0.1) is 23.0 Å². The molecule has 0 spiro atoms. The fourth-order valence-electron chi connectivity index (χ4n) is 3.87. The number of halogens is 2. The maximum Gasteiger partial charge on any atom is 0.277 e. The largest absolute Gasteiger partial charge is 0.507 e. The normalized spacial score (nSPS) is 19.9. The smallest absolute Gasteiger partial charge is 0.277 e. The summed E-state index contributed by atoms with van der Waals surface area (Å²) in [6.45, 7) is 6.52. The van der Waals surface area contributed by atoms with Crippen LogP contribution < -0.4 is 5.32 Å². The van der Waals surface area contributed by atoms with E-state index in [1.807, 2.05) is 0 Å². The number of ether oxygens (including phenoxy) is 1. The van der Waals surface area contributed by atoms with Gasteiger partial charge in [0, 0.05) is 51.5 Å². The molecule has 2 heterocycles. The highest BCUT2D eigenvalue weighted by molar-refractivity contribution is 5.85. The number of nitro benzene ring substituents is 1. The van der Waals surface area contributed by atoms with E-state index >= 15 is 0 Å². The standard InChI is InChI=1S/C17H25N3O4.2ClH/c1-12-2-3-14(20(22)23)15(17(12)21)16(13-4-10-24-11-5-13)19-8-6-18-7-9-19;;/h2-3,13,16,18,21H,4-11H2,1H3;2*1H/t16-;;/m1../s1. The van der Waals surface area contributed by atoms with E-state index in [2.05, 4.69) is 10.2 Å². The Morgan fingerprint density at radius 1 is 1.27 bits per heavy atom. The van der Waals surface area contributed by atoms with Crippen LogP contribution in [-0.2, 0) is 4.74 Å². The molecular weight excluding hydrogens is 381 g/mol. The third-order valence-electron chi connectivity index (χ3n) is 5.15. The van der Waals surface area contributed by atoms with Crippen LogP contribution in [0.2, 0.25) is 0 Å². The lowest BCUT2D eigenvalue weighted by atomic mass is 9.83. The second-order valence-electron chi connectivity index (χ2n) is 6.60. The maximum absolute atomic E-state index is 11.6. The number of benzene rings is 1. The monoisotopic (exact) mass is 407 g/mol. The molecule has 0 bridgehead atoms. The van der Waals surface area contributed by atoms with Gasteiger partial charge in [-0.2, -0.15) is 0 Å². The van der Waals surface area contributed by atoms with Gasteiger partial charge in [-0.1, -0.05) is 0 Å². The van der Waals surface area contributed by atoms with Crippen molar-refractivity contribution in [2.75, 3.05) is 39.4 Å². The molecule has 0 aromatic heterocycles. The average Bonchev–Trinajstić information content (AvgIpc) is 2.60. The van der Waals surface area contributed by atoms with E-state index < -0.39 is 0 Å². The van der Waals surface area contributed by atoms with Crippen molar-refractivity contribution in [2.45, 2.75) is 25.8 Å². The molecule has 3 rings (SSSR count). The number of phenols is 1. The summed E-state index contributed by atoms with van der Waals surface area (Å²) in [5.74, 6) is 0.322.